The second-order valence-electron chi connectivity index (χ2n) is 5.81. The summed E-state index contributed by atoms with van der Waals surface area (Å²) >= 11 is 3.54. The van der Waals surface area contributed by atoms with Gasteiger partial charge in [-0.2, -0.15) is 13.2 Å². The molecule has 1 atom stereocenters. The van der Waals surface area contributed by atoms with E-state index in [1.54, 1.807) is 13.1 Å². The molecule has 1 aromatic carbocycles. The van der Waals surface area contributed by atoms with E-state index in [-0.39, 0.29) is 5.92 Å². The van der Waals surface area contributed by atoms with Gasteiger partial charge in [0, 0.05) is 0 Å². The summed E-state index contributed by atoms with van der Waals surface area (Å²) in [6.45, 7) is 8.48. The number of nitrogens with one attached hydrogen (secondary N) is 1. The van der Waals surface area contributed by atoms with Crippen LogP contribution in [0, 0.1) is 5.92 Å². The molecule has 0 saturated carbocycles. The summed E-state index contributed by atoms with van der Waals surface area (Å²) in [4.78, 5) is 0. The summed E-state index contributed by atoms with van der Waals surface area (Å²) in [6, 6.07) is 4.09. The standard InChI is InChI=1S/C11H11F3.C4H10.CH5NS/c1-7-2-3-8-4-5-9(6-10(7)8)11(12,13)14;1-4(2)3;1-2-3/h4-7H,2-3H2,1H3;4H,1-3H3;2-3H,1H3. The Balaban J connectivity index is 0.000000486. The number of thiol groups is 1. The number of hydrogen-bond donors (Lipinski definition) is 2. The highest BCUT2D eigenvalue weighted by atomic mass is 32.1. The highest BCUT2D eigenvalue weighted by Gasteiger charge is 2.32. The van der Waals surface area contributed by atoms with Crippen molar-refractivity contribution in [1.29, 1.82) is 0 Å². The molecule has 1 unspecified atom stereocenters. The van der Waals surface area contributed by atoms with Gasteiger partial charge in [-0.1, -0.05) is 46.6 Å². The SMILES string of the molecule is CC(C)C.CC1CCc2ccc(C(F)(F)F)cc21.CNS. The number of fused-ring (bicyclic) bond motifs is 1. The highest BCUT2D eigenvalue weighted by Crippen LogP contribution is 2.37. The van der Waals surface area contributed by atoms with Gasteiger partial charge in [0.05, 0.1) is 5.56 Å². The Kier molecular flexibility index (Phi) is 9.06. The molecule has 0 amide bonds. The first kappa shape index (κ1) is 20.3. The summed E-state index contributed by atoms with van der Waals surface area (Å²) < 4.78 is 39.6. The Morgan fingerprint density at radius 1 is 1.24 bits per heavy atom. The largest absolute Gasteiger partial charge is 0.416 e. The molecule has 0 saturated heterocycles. The molecule has 1 aliphatic rings. The number of benzene rings is 1. The molecule has 5 heteroatoms. The molecule has 0 heterocycles. The van der Waals surface area contributed by atoms with Crippen molar-refractivity contribution < 1.29 is 13.2 Å². The van der Waals surface area contributed by atoms with Crippen molar-refractivity contribution in [2.45, 2.75) is 52.6 Å². The third-order valence-corrected chi connectivity index (χ3v) is 2.85. The van der Waals surface area contributed by atoms with Crippen LogP contribution < -0.4 is 4.72 Å². The smallest absolute Gasteiger partial charge is 0.270 e. The average Bonchev–Trinajstić information content (AvgIpc) is 2.70. The number of aryl methyl sites for hydroxylation is 1. The summed E-state index contributed by atoms with van der Waals surface area (Å²) in [5.41, 5.74) is 1.43. The molecule has 122 valence electrons. The average molecular weight is 321 g/mol. The number of alkyl halides is 3. The summed E-state index contributed by atoms with van der Waals surface area (Å²) in [7, 11) is 1.74. The van der Waals surface area contributed by atoms with Gasteiger partial charge in [-0.25, -0.2) is 0 Å². The van der Waals surface area contributed by atoms with Gasteiger partial charge in [0.1, 0.15) is 0 Å². The third kappa shape index (κ3) is 7.77. The minimum atomic E-state index is -4.21. The minimum absolute atomic E-state index is 0.271. The highest BCUT2D eigenvalue weighted by molar-refractivity contribution is 7.78. The zero-order valence-electron chi connectivity index (χ0n) is 13.4. The molecule has 0 aromatic heterocycles. The lowest BCUT2D eigenvalue weighted by Crippen LogP contribution is -2.05. The summed E-state index contributed by atoms with van der Waals surface area (Å²) in [5.74, 6) is 1.10. The Labute approximate surface area is 131 Å². The first-order chi connectivity index (χ1) is 9.63. The maximum absolute atomic E-state index is 12.4. The molecule has 0 spiro atoms. The van der Waals surface area contributed by atoms with Gasteiger partial charge >= 0.3 is 6.18 Å². The first-order valence-corrected chi connectivity index (χ1v) is 7.59. The second-order valence-corrected chi connectivity index (χ2v) is 6.25. The fraction of sp³-hybridized carbons (Fsp3) is 0.625. The van der Waals surface area contributed by atoms with Gasteiger partial charge < -0.3 is 0 Å². The van der Waals surface area contributed by atoms with E-state index in [9.17, 15) is 13.2 Å². The lowest BCUT2D eigenvalue weighted by Gasteiger charge is -2.10. The molecule has 21 heavy (non-hydrogen) atoms. The Bertz CT molecular complexity index is 414. The van der Waals surface area contributed by atoms with Crippen molar-refractivity contribution in [2.75, 3.05) is 7.05 Å². The number of halogens is 3. The predicted molar refractivity (Wildman–Crippen MR) is 86.7 cm³/mol. The maximum Gasteiger partial charge on any atom is 0.416 e. The molecule has 0 fully saturated rings. The Hall–Kier alpha value is -0.680. The normalized spacial score (nSPS) is 16.6. The van der Waals surface area contributed by atoms with Crippen LogP contribution in [-0.2, 0) is 12.6 Å². The number of rotatable bonds is 0. The van der Waals surface area contributed by atoms with Gasteiger partial charge in [-0.15, -0.1) is 0 Å². The molecule has 1 aliphatic carbocycles. The summed E-state index contributed by atoms with van der Waals surface area (Å²) in [6.07, 6.45) is -2.33. The van der Waals surface area contributed by atoms with Crippen molar-refractivity contribution in [3.05, 3.63) is 34.9 Å². The zero-order chi connectivity index (χ0) is 16.6. The second kappa shape index (κ2) is 9.36. The van der Waals surface area contributed by atoms with Crippen LogP contribution in [0.4, 0.5) is 13.2 Å². The van der Waals surface area contributed by atoms with E-state index >= 15 is 0 Å². The molecular weight excluding hydrogens is 295 g/mol. The van der Waals surface area contributed by atoms with Gasteiger partial charge in [-0.3, -0.25) is 4.72 Å². The Morgan fingerprint density at radius 2 is 1.71 bits per heavy atom. The molecule has 0 aliphatic heterocycles. The first-order valence-electron chi connectivity index (χ1n) is 7.14. The van der Waals surface area contributed by atoms with Crippen molar-refractivity contribution >= 4 is 12.8 Å². The molecule has 0 radical (unpaired) electrons. The van der Waals surface area contributed by atoms with Gasteiger partial charge in [0.2, 0.25) is 0 Å². The molecule has 2 rings (SSSR count). The summed E-state index contributed by atoms with van der Waals surface area (Å²) in [5, 5.41) is 0. The number of hydrogen-bond acceptors (Lipinski definition) is 2. The van der Waals surface area contributed by atoms with Crippen LogP contribution in [0.25, 0.3) is 0 Å². The van der Waals surface area contributed by atoms with Crippen molar-refractivity contribution in [1.82, 2.24) is 4.72 Å². The quantitative estimate of drug-likeness (QED) is 0.604. The molecular formula is C16H26F3NS. The van der Waals surface area contributed by atoms with E-state index in [2.05, 4.69) is 38.3 Å². The van der Waals surface area contributed by atoms with Gasteiger partial charge in [0.25, 0.3) is 0 Å². The van der Waals surface area contributed by atoms with Crippen LogP contribution in [0.5, 0.6) is 0 Å². The van der Waals surface area contributed by atoms with Gasteiger partial charge in [-0.05, 0) is 55.0 Å². The van der Waals surface area contributed by atoms with Crippen LogP contribution >= 0.6 is 12.8 Å². The van der Waals surface area contributed by atoms with Crippen LogP contribution in [0.15, 0.2) is 18.2 Å². The van der Waals surface area contributed by atoms with Crippen LogP contribution in [-0.4, -0.2) is 7.05 Å². The molecule has 1 N–H and O–H groups in total. The van der Waals surface area contributed by atoms with Gasteiger partial charge in [0.15, 0.2) is 0 Å². The van der Waals surface area contributed by atoms with Crippen LogP contribution in [0.1, 0.15) is 56.7 Å². The maximum atomic E-state index is 12.4. The van der Waals surface area contributed by atoms with Crippen LogP contribution in [0.2, 0.25) is 0 Å². The van der Waals surface area contributed by atoms with E-state index in [4.69, 9.17) is 0 Å². The van der Waals surface area contributed by atoms with E-state index in [0.29, 0.717) is 0 Å². The zero-order valence-corrected chi connectivity index (χ0v) is 14.3. The van der Waals surface area contributed by atoms with E-state index in [0.717, 1.165) is 29.9 Å². The van der Waals surface area contributed by atoms with Crippen molar-refractivity contribution in [2.24, 2.45) is 5.92 Å². The minimum Gasteiger partial charge on any atom is -0.270 e. The van der Waals surface area contributed by atoms with E-state index in [1.165, 1.54) is 12.1 Å². The van der Waals surface area contributed by atoms with E-state index < -0.39 is 11.7 Å². The monoisotopic (exact) mass is 321 g/mol. The Morgan fingerprint density at radius 3 is 2.14 bits per heavy atom. The van der Waals surface area contributed by atoms with E-state index in [1.807, 2.05) is 6.92 Å². The molecule has 0 bridgehead atoms. The lowest BCUT2D eigenvalue weighted by atomic mass is 10.0. The third-order valence-electron chi connectivity index (χ3n) is 2.85. The fourth-order valence-electron chi connectivity index (χ4n) is 1.99. The van der Waals surface area contributed by atoms with Crippen molar-refractivity contribution in [3.63, 3.8) is 0 Å². The van der Waals surface area contributed by atoms with Crippen LogP contribution in [0.3, 0.4) is 0 Å². The molecule has 1 nitrogen and oxygen atoms in total. The topological polar surface area (TPSA) is 12.0 Å². The lowest BCUT2D eigenvalue weighted by molar-refractivity contribution is -0.137. The molecule has 1 aromatic rings. The fourth-order valence-corrected chi connectivity index (χ4v) is 1.99. The predicted octanol–water partition coefficient (Wildman–Crippen LogP) is 5.47. The van der Waals surface area contributed by atoms with Crippen molar-refractivity contribution in [3.8, 4) is 0 Å².